The van der Waals surface area contributed by atoms with Gasteiger partial charge in [0.25, 0.3) is 0 Å². The third-order valence-electron chi connectivity index (χ3n) is 4.52. The Bertz CT molecular complexity index is 898. The average molecular weight is 363 g/mol. The van der Waals surface area contributed by atoms with Crippen LogP contribution < -0.4 is 0 Å². The van der Waals surface area contributed by atoms with Gasteiger partial charge in [0.05, 0.1) is 24.2 Å². The maximum atomic E-state index is 12.4. The fourth-order valence-electron chi connectivity index (χ4n) is 3.18. The van der Waals surface area contributed by atoms with Crippen LogP contribution in [0.2, 0.25) is 0 Å². The number of carboxylic acids is 1. The predicted molar refractivity (Wildman–Crippen MR) is 102 cm³/mol. The Morgan fingerprint density at radius 1 is 1.00 bits per heavy atom. The van der Waals surface area contributed by atoms with Crippen LogP contribution in [0.1, 0.15) is 22.6 Å². The summed E-state index contributed by atoms with van der Waals surface area (Å²) in [4.78, 5) is 26.1. The Morgan fingerprint density at radius 3 is 2.22 bits per heavy atom. The molecular formula is C22H21NO4. The average Bonchev–Trinajstić information content (AvgIpc) is 2.69. The van der Waals surface area contributed by atoms with Gasteiger partial charge in [-0.3, -0.25) is 0 Å². The van der Waals surface area contributed by atoms with Crippen molar-refractivity contribution in [1.29, 1.82) is 0 Å². The number of esters is 1. The standard InChI is InChI=1S/C22H21NO4/c1-15-8-10-16(11-9-15)12-23-13-18(21(24)25)20(17-6-4-3-5-7-17)19(14-23)22(26)27-2/h3-11,13-14,20H,12H2,1-2H3,(H,24,25). The molecule has 2 aromatic carbocycles. The summed E-state index contributed by atoms with van der Waals surface area (Å²) >= 11 is 0. The molecule has 0 radical (unpaired) electrons. The molecule has 2 aromatic rings. The number of hydrogen-bond donors (Lipinski definition) is 1. The summed E-state index contributed by atoms with van der Waals surface area (Å²) in [7, 11) is 1.30. The molecule has 1 aliphatic heterocycles. The van der Waals surface area contributed by atoms with Gasteiger partial charge in [-0.25, -0.2) is 9.59 Å². The molecular weight excluding hydrogens is 342 g/mol. The Labute approximate surface area is 158 Å². The van der Waals surface area contributed by atoms with E-state index in [1.807, 2.05) is 61.5 Å². The predicted octanol–water partition coefficient (Wildman–Crippen LogP) is 3.62. The second-order valence-electron chi connectivity index (χ2n) is 6.47. The van der Waals surface area contributed by atoms with Crippen molar-refractivity contribution in [2.24, 2.45) is 0 Å². The minimum absolute atomic E-state index is 0.135. The van der Waals surface area contributed by atoms with Crippen LogP contribution in [0.4, 0.5) is 0 Å². The van der Waals surface area contributed by atoms with Crippen LogP contribution >= 0.6 is 0 Å². The van der Waals surface area contributed by atoms with Gasteiger partial charge in [-0.1, -0.05) is 60.2 Å². The Morgan fingerprint density at radius 2 is 1.63 bits per heavy atom. The second kappa shape index (κ2) is 7.91. The first kappa shape index (κ1) is 18.5. The van der Waals surface area contributed by atoms with E-state index in [2.05, 4.69) is 0 Å². The molecule has 1 atom stereocenters. The molecule has 0 spiro atoms. The van der Waals surface area contributed by atoms with Gasteiger partial charge in [0.1, 0.15) is 0 Å². The van der Waals surface area contributed by atoms with E-state index in [9.17, 15) is 14.7 Å². The first-order valence-electron chi connectivity index (χ1n) is 8.61. The molecule has 27 heavy (non-hydrogen) atoms. The van der Waals surface area contributed by atoms with Gasteiger partial charge in [-0.15, -0.1) is 0 Å². The molecule has 0 amide bonds. The number of methoxy groups -OCH3 is 1. The van der Waals surface area contributed by atoms with Gasteiger partial charge in [0.2, 0.25) is 0 Å². The van der Waals surface area contributed by atoms with Crippen LogP contribution in [0.25, 0.3) is 0 Å². The molecule has 0 bridgehead atoms. The highest BCUT2D eigenvalue weighted by molar-refractivity contribution is 5.97. The summed E-state index contributed by atoms with van der Waals surface area (Å²) in [5.41, 5.74) is 3.33. The van der Waals surface area contributed by atoms with Crippen molar-refractivity contribution >= 4 is 11.9 Å². The zero-order valence-corrected chi connectivity index (χ0v) is 15.3. The van der Waals surface area contributed by atoms with E-state index in [1.165, 1.54) is 7.11 Å². The Kier molecular flexibility index (Phi) is 5.41. The smallest absolute Gasteiger partial charge is 0.336 e. The molecule has 1 aliphatic rings. The highest BCUT2D eigenvalue weighted by Crippen LogP contribution is 2.36. The van der Waals surface area contributed by atoms with E-state index in [0.717, 1.165) is 16.7 Å². The number of carboxylic acid groups (broad SMARTS) is 1. The summed E-state index contributed by atoms with van der Waals surface area (Å²) < 4.78 is 4.93. The number of nitrogens with zero attached hydrogens (tertiary/aromatic N) is 1. The SMILES string of the molecule is COC(=O)C1=CN(Cc2ccc(C)cc2)C=C(C(=O)O)C1c1ccccc1. The molecule has 0 saturated heterocycles. The fraction of sp³-hybridized carbons (Fsp3) is 0.182. The van der Waals surface area contributed by atoms with E-state index < -0.39 is 17.9 Å². The maximum absolute atomic E-state index is 12.4. The minimum Gasteiger partial charge on any atom is -0.478 e. The quantitative estimate of drug-likeness (QED) is 0.822. The normalized spacial score (nSPS) is 16.4. The first-order valence-corrected chi connectivity index (χ1v) is 8.61. The van der Waals surface area contributed by atoms with Crippen LogP contribution in [0.3, 0.4) is 0 Å². The first-order chi connectivity index (χ1) is 13.0. The molecule has 1 unspecified atom stereocenters. The topological polar surface area (TPSA) is 66.8 Å². The lowest BCUT2D eigenvalue weighted by molar-refractivity contribution is -0.136. The Balaban J connectivity index is 2.02. The number of benzene rings is 2. The fourth-order valence-corrected chi connectivity index (χ4v) is 3.18. The van der Waals surface area contributed by atoms with Crippen molar-refractivity contribution in [1.82, 2.24) is 4.90 Å². The van der Waals surface area contributed by atoms with Gasteiger partial charge in [-0.2, -0.15) is 0 Å². The van der Waals surface area contributed by atoms with Gasteiger partial charge < -0.3 is 14.7 Å². The largest absolute Gasteiger partial charge is 0.478 e. The third kappa shape index (κ3) is 4.08. The molecule has 0 fully saturated rings. The van der Waals surface area contributed by atoms with Gasteiger partial charge in [0.15, 0.2) is 0 Å². The van der Waals surface area contributed by atoms with E-state index in [0.29, 0.717) is 12.1 Å². The lowest BCUT2D eigenvalue weighted by atomic mass is 9.83. The van der Waals surface area contributed by atoms with Crippen molar-refractivity contribution in [2.45, 2.75) is 19.4 Å². The Hall–Kier alpha value is -3.34. The molecule has 1 heterocycles. The summed E-state index contributed by atoms with van der Waals surface area (Å²) in [6, 6.07) is 17.1. The number of carbonyl (C=O) groups excluding carboxylic acids is 1. The molecule has 5 nitrogen and oxygen atoms in total. The minimum atomic E-state index is -1.06. The molecule has 138 valence electrons. The third-order valence-corrected chi connectivity index (χ3v) is 4.52. The van der Waals surface area contributed by atoms with Crippen LogP contribution in [0.15, 0.2) is 78.1 Å². The lowest BCUT2D eigenvalue weighted by Crippen LogP contribution is -2.28. The van der Waals surface area contributed by atoms with E-state index >= 15 is 0 Å². The highest BCUT2D eigenvalue weighted by atomic mass is 16.5. The van der Waals surface area contributed by atoms with Crippen molar-refractivity contribution in [2.75, 3.05) is 7.11 Å². The summed E-state index contributed by atoms with van der Waals surface area (Å²) in [6.45, 7) is 2.46. The number of ether oxygens (including phenoxy) is 1. The monoisotopic (exact) mass is 363 g/mol. The van der Waals surface area contributed by atoms with Crippen LogP contribution in [-0.4, -0.2) is 29.1 Å². The maximum Gasteiger partial charge on any atom is 0.336 e. The number of hydrogen-bond acceptors (Lipinski definition) is 4. The second-order valence-corrected chi connectivity index (χ2v) is 6.47. The van der Waals surface area contributed by atoms with E-state index in [-0.39, 0.29) is 5.57 Å². The van der Waals surface area contributed by atoms with Gasteiger partial charge in [0, 0.05) is 18.9 Å². The molecule has 5 heteroatoms. The van der Waals surface area contributed by atoms with Crippen molar-refractivity contribution in [3.05, 3.63) is 94.8 Å². The number of rotatable bonds is 5. The summed E-state index contributed by atoms with van der Waals surface area (Å²) in [5, 5.41) is 9.79. The lowest BCUT2D eigenvalue weighted by Gasteiger charge is -2.29. The summed E-state index contributed by atoms with van der Waals surface area (Å²) in [6.07, 6.45) is 3.27. The van der Waals surface area contributed by atoms with Crippen LogP contribution in [0, 0.1) is 6.92 Å². The van der Waals surface area contributed by atoms with Crippen molar-refractivity contribution < 1.29 is 19.4 Å². The van der Waals surface area contributed by atoms with Crippen LogP contribution in [-0.2, 0) is 20.9 Å². The van der Waals surface area contributed by atoms with Gasteiger partial charge in [-0.05, 0) is 18.1 Å². The van der Waals surface area contributed by atoms with E-state index in [1.54, 1.807) is 17.3 Å². The van der Waals surface area contributed by atoms with E-state index in [4.69, 9.17) is 4.74 Å². The molecule has 1 N–H and O–H groups in total. The van der Waals surface area contributed by atoms with Gasteiger partial charge >= 0.3 is 11.9 Å². The molecule has 3 rings (SSSR count). The zero-order chi connectivity index (χ0) is 19.4. The zero-order valence-electron chi connectivity index (χ0n) is 15.3. The van der Waals surface area contributed by atoms with Crippen molar-refractivity contribution in [3.63, 3.8) is 0 Å². The molecule has 0 aromatic heterocycles. The highest BCUT2D eigenvalue weighted by Gasteiger charge is 2.34. The summed E-state index contributed by atoms with van der Waals surface area (Å²) in [5.74, 6) is -2.28. The number of aryl methyl sites for hydroxylation is 1. The van der Waals surface area contributed by atoms with Crippen LogP contribution in [0.5, 0.6) is 0 Å². The van der Waals surface area contributed by atoms with Crippen molar-refractivity contribution in [3.8, 4) is 0 Å². The number of carbonyl (C=O) groups is 2. The molecule has 0 aliphatic carbocycles. The number of aliphatic carboxylic acids is 1. The molecule has 0 saturated carbocycles.